The predicted octanol–water partition coefficient (Wildman–Crippen LogP) is 4.09. The molecule has 6 heteroatoms. The molecule has 3 rings (SSSR count). The van der Waals surface area contributed by atoms with Gasteiger partial charge in [-0.15, -0.1) is 0 Å². The second kappa shape index (κ2) is 8.89. The standard InChI is InChI=1S/C21H25N5O/c1-16-15-23-21(24-17-8-7-9-18(14-17)26(2)3)25-20(16)22-12-13-27-19-10-5-4-6-11-19/h4-11,14-15H,12-13H2,1-3H3,(H2,22,23,24,25). The van der Waals surface area contributed by atoms with E-state index in [0.717, 1.165) is 28.5 Å². The molecule has 0 saturated carbocycles. The maximum absolute atomic E-state index is 5.70. The van der Waals surface area contributed by atoms with Crippen LogP contribution >= 0.6 is 0 Å². The van der Waals surface area contributed by atoms with Crippen molar-refractivity contribution in [3.8, 4) is 5.75 Å². The second-order valence-corrected chi connectivity index (χ2v) is 6.38. The van der Waals surface area contributed by atoms with E-state index in [4.69, 9.17) is 4.74 Å². The number of anilines is 4. The van der Waals surface area contributed by atoms with Crippen LogP contribution in [0, 0.1) is 6.92 Å². The zero-order valence-electron chi connectivity index (χ0n) is 15.9. The number of nitrogens with zero attached hydrogens (tertiary/aromatic N) is 3. The van der Waals surface area contributed by atoms with E-state index in [-0.39, 0.29) is 0 Å². The minimum Gasteiger partial charge on any atom is -0.492 e. The highest BCUT2D eigenvalue weighted by atomic mass is 16.5. The van der Waals surface area contributed by atoms with Crippen LogP contribution in [0.25, 0.3) is 0 Å². The Labute approximate surface area is 160 Å². The van der Waals surface area contributed by atoms with E-state index >= 15 is 0 Å². The zero-order chi connectivity index (χ0) is 19.1. The Morgan fingerprint density at radius 2 is 1.85 bits per heavy atom. The Bertz CT molecular complexity index is 867. The third-order valence-electron chi connectivity index (χ3n) is 4.00. The van der Waals surface area contributed by atoms with Gasteiger partial charge in [-0.05, 0) is 37.3 Å². The van der Waals surface area contributed by atoms with Crippen molar-refractivity contribution in [1.82, 2.24) is 9.97 Å². The summed E-state index contributed by atoms with van der Waals surface area (Å²) in [6.45, 7) is 3.19. The van der Waals surface area contributed by atoms with Gasteiger partial charge in [-0.1, -0.05) is 24.3 Å². The van der Waals surface area contributed by atoms with E-state index in [1.165, 1.54) is 0 Å². The van der Waals surface area contributed by atoms with Gasteiger partial charge in [0.1, 0.15) is 18.2 Å². The molecule has 6 nitrogen and oxygen atoms in total. The lowest BCUT2D eigenvalue weighted by molar-refractivity contribution is 0.332. The molecule has 0 radical (unpaired) electrons. The Morgan fingerprint density at radius 3 is 2.63 bits per heavy atom. The molecule has 27 heavy (non-hydrogen) atoms. The molecule has 0 fully saturated rings. The fourth-order valence-electron chi connectivity index (χ4n) is 2.53. The molecule has 3 aromatic rings. The van der Waals surface area contributed by atoms with Crippen LogP contribution < -0.4 is 20.3 Å². The summed E-state index contributed by atoms with van der Waals surface area (Å²) in [6.07, 6.45) is 1.81. The van der Waals surface area contributed by atoms with Gasteiger partial charge in [0.2, 0.25) is 5.95 Å². The van der Waals surface area contributed by atoms with Crippen LogP contribution in [0.15, 0.2) is 60.8 Å². The number of aryl methyl sites for hydroxylation is 1. The Morgan fingerprint density at radius 1 is 1.04 bits per heavy atom. The third-order valence-corrected chi connectivity index (χ3v) is 4.00. The Hall–Kier alpha value is -3.28. The maximum Gasteiger partial charge on any atom is 0.229 e. The van der Waals surface area contributed by atoms with Crippen LogP contribution in [0.3, 0.4) is 0 Å². The molecule has 0 amide bonds. The molecular weight excluding hydrogens is 338 g/mol. The second-order valence-electron chi connectivity index (χ2n) is 6.38. The van der Waals surface area contributed by atoms with Crippen molar-refractivity contribution in [2.24, 2.45) is 0 Å². The van der Waals surface area contributed by atoms with Gasteiger partial charge in [-0.2, -0.15) is 4.98 Å². The lowest BCUT2D eigenvalue weighted by Gasteiger charge is -2.15. The number of para-hydroxylation sites is 1. The Balaban J connectivity index is 1.59. The Kier molecular flexibility index (Phi) is 6.10. The predicted molar refractivity (Wildman–Crippen MR) is 111 cm³/mol. The van der Waals surface area contributed by atoms with Crippen molar-refractivity contribution < 1.29 is 4.74 Å². The van der Waals surface area contributed by atoms with Gasteiger partial charge < -0.3 is 20.3 Å². The van der Waals surface area contributed by atoms with Crippen molar-refractivity contribution in [3.63, 3.8) is 0 Å². The first-order chi connectivity index (χ1) is 13.1. The molecule has 2 N–H and O–H groups in total. The average Bonchev–Trinajstić information content (AvgIpc) is 2.68. The molecular formula is C21H25N5O. The van der Waals surface area contributed by atoms with E-state index < -0.39 is 0 Å². The average molecular weight is 363 g/mol. The molecule has 0 spiro atoms. The minimum absolute atomic E-state index is 0.557. The van der Waals surface area contributed by atoms with Crippen LogP contribution in [0.2, 0.25) is 0 Å². The molecule has 140 valence electrons. The van der Waals surface area contributed by atoms with E-state index in [1.807, 2.05) is 69.7 Å². The van der Waals surface area contributed by atoms with Crippen molar-refractivity contribution in [3.05, 3.63) is 66.4 Å². The lowest BCUT2D eigenvalue weighted by atomic mass is 10.2. The summed E-state index contributed by atoms with van der Waals surface area (Å²) in [5.41, 5.74) is 3.05. The molecule has 0 aliphatic rings. The molecule has 1 aromatic heterocycles. The molecule has 0 saturated heterocycles. The number of benzene rings is 2. The first kappa shape index (κ1) is 18.5. The van der Waals surface area contributed by atoms with E-state index in [0.29, 0.717) is 19.1 Å². The van der Waals surface area contributed by atoms with Gasteiger partial charge in [0.25, 0.3) is 0 Å². The van der Waals surface area contributed by atoms with Gasteiger partial charge in [0.05, 0.1) is 6.54 Å². The summed E-state index contributed by atoms with van der Waals surface area (Å²) in [7, 11) is 4.03. The van der Waals surface area contributed by atoms with Crippen molar-refractivity contribution >= 4 is 23.1 Å². The first-order valence-electron chi connectivity index (χ1n) is 8.91. The summed E-state index contributed by atoms with van der Waals surface area (Å²) in [5.74, 6) is 2.22. The molecule has 1 heterocycles. The van der Waals surface area contributed by atoms with Gasteiger partial charge in [-0.3, -0.25) is 0 Å². The number of hydrogen-bond donors (Lipinski definition) is 2. The number of nitrogens with one attached hydrogen (secondary N) is 2. The summed E-state index contributed by atoms with van der Waals surface area (Å²) in [4.78, 5) is 11.0. The normalized spacial score (nSPS) is 10.3. The highest BCUT2D eigenvalue weighted by Crippen LogP contribution is 2.21. The number of hydrogen-bond acceptors (Lipinski definition) is 6. The van der Waals surface area contributed by atoms with Gasteiger partial charge in [-0.25, -0.2) is 4.98 Å². The number of ether oxygens (including phenoxy) is 1. The fourth-order valence-corrected chi connectivity index (χ4v) is 2.53. The maximum atomic E-state index is 5.70. The smallest absolute Gasteiger partial charge is 0.229 e. The van der Waals surface area contributed by atoms with Crippen LogP contribution in [0.4, 0.5) is 23.1 Å². The highest BCUT2D eigenvalue weighted by molar-refractivity contribution is 5.62. The lowest BCUT2D eigenvalue weighted by Crippen LogP contribution is -2.14. The summed E-state index contributed by atoms with van der Waals surface area (Å²) in [5, 5.41) is 6.58. The molecule has 0 aliphatic heterocycles. The van der Waals surface area contributed by atoms with Gasteiger partial charge in [0.15, 0.2) is 0 Å². The quantitative estimate of drug-likeness (QED) is 0.588. The topological polar surface area (TPSA) is 62.3 Å². The van der Waals surface area contributed by atoms with Crippen LogP contribution in [0.1, 0.15) is 5.56 Å². The van der Waals surface area contributed by atoms with E-state index in [1.54, 1.807) is 0 Å². The first-order valence-corrected chi connectivity index (χ1v) is 8.91. The molecule has 0 bridgehead atoms. The molecule has 0 atom stereocenters. The fraction of sp³-hybridized carbons (Fsp3) is 0.238. The zero-order valence-corrected chi connectivity index (χ0v) is 15.9. The van der Waals surface area contributed by atoms with E-state index in [9.17, 15) is 0 Å². The van der Waals surface area contributed by atoms with Crippen molar-refractivity contribution in [1.29, 1.82) is 0 Å². The number of aromatic nitrogens is 2. The van der Waals surface area contributed by atoms with Gasteiger partial charge in [0, 0.05) is 37.2 Å². The monoisotopic (exact) mass is 363 g/mol. The highest BCUT2D eigenvalue weighted by Gasteiger charge is 2.05. The van der Waals surface area contributed by atoms with Crippen molar-refractivity contribution in [2.75, 3.05) is 42.8 Å². The van der Waals surface area contributed by atoms with Crippen LogP contribution in [-0.2, 0) is 0 Å². The van der Waals surface area contributed by atoms with Crippen LogP contribution in [-0.4, -0.2) is 37.2 Å². The molecule has 2 aromatic carbocycles. The van der Waals surface area contributed by atoms with E-state index in [2.05, 4.69) is 37.6 Å². The summed E-state index contributed by atoms with van der Waals surface area (Å²) < 4.78 is 5.70. The summed E-state index contributed by atoms with van der Waals surface area (Å²) in [6, 6.07) is 17.9. The largest absolute Gasteiger partial charge is 0.492 e. The third kappa shape index (κ3) is 5.34. The molecule has 0 aliphatic carbocycles. The number of rotatable bonds is 8. The van der Waals surface area contributed by atoms with Crippen LogP contribution in [0.5, 0.6) is 5.75 Å². The summed E-state index contributed by atoms with van der Waals surface area (Å²) >= 11 is 0. The van der Waals surface area contributed by atoms with Crippen molar-refractivity contribution in [2.45, 2.75) is 6.92 Å². The minimum atomic E-state index is 0.557. The SMILES string of the molecule is Cc1cnc(Nc2cccc(N(C)C)c2)nc1NCCOc1ccccc1. The molecule has 0 unspecified atom stereocenters. The van der Waals surface area contributed by atoms with Gasteiger partial charge >= 0.3 is 0 Å².